The normalized spacial score (nSPS) is 9.70. The number of aryl methyl sites for hydroxylation is 1. The monoisotopic (exact) mass is 269 g/mol. The van der Waals surface area contributed by atoms with Crippen LogP contribution in [0.1, 0.15) is 11.1 Å². The lowest BCUT2D eigenvalue weighted by Gasteiger charge is -2.14. The number of para-hydroxylation sites is 1. The Morgan fingerprint density at radius 1 is 0.950 bits per heavy atom. The molecule has 0 N–H and O–H groups in total. The molecule has 0 fully saturated rings. The van der Waals surface area contributed by atoms with Crippen LogP contribution in [0.25, 0.3) is 0 Å². The van der Waals surface area contributed by atoms with Crippen molar-refractivity contribution in [1.29, 1.82) is 5.26 Å². The summed E-state index contributed by atoms with van der Waals surface area (Å²) >= 11 is 0. The zero-order chi connectivity index (χ0) is 14.5. The van der Waals surface area contributed by atoms with Gasteiger partial charge in [-0.1, -0.05) is 12.1 Å². The molecule has 0 heterocycles. The molecule has 2 aromatic carbocycles. The van der Waals surface area contributed by atoms with Crippen LogP contribution in [0.4, 0.5) is 0 Å². The van der Waals surface area contributed by atoms with Gasteiger partial charge < -0.3 is 14.2 Å². The van der Waals surface area contributed by atoms with Gasteiger partial charge in [-0.25, -0.2) is 0 Å². The SMILES string of the molecule is COc1cccc(OC)c1Oc1cc(C)ccc1C#N. The zero-order valence-electron chi connectivity index (χ0n) is 11.6. The van der Waals surface area contributed by atoms with Crippen LogP contribution >= 0.6 is 0 Å². The molecule has 0 atom stereocenters. The van der Waals surface area contributed by atoms with E-state index >= 15 is 0 Å². The highest BCUT2D eigenvalue weighted by Gasteiger charge is 2.14. The Morgan fingerprint density at radius 3 is 2.15 bits per heavy atom. The largest absolute Gasteiger partial charge is 0.493 e. The summed E-state index contributed by atoms with van der Waals surface area (Å²) in [7, 11) is 3.12. The van der Waals surface area contributed by atoms with Crippen LogP contribution in [0.15, 0.2) is 36.4 Å². The molecule has 0 amide bonds. The number of ether oxygens (including phenoxy) is 3. The predicted octanol–water partition coefficient (Wildman–Crippen LogP) is 3.68. The van der Waals surface area contributed by atoms with Crippen molar-refractivity contribution in [3.05, 3.63) is 47.5 Å². The second-order valence-electron chi connectivity index (χ2n) is 4.21. The van der Waals surface area contributed by atoms with Gasteiger partial charge in [0.2, 0.25) is 5.75 Å². The molecule has 0 saturated heterocycles. The van der Waals surface area contributed by atoms with Gasteiger partial charge in [-0.15, -0.1) is 0 Å². The predicted molar refractivity (Wildman–Crippen MR) is 75.5 cm³/mol. The molecule has 0 saturated carbocycles. The summed E-state index contributed by atoms with van der Waals surface area (Å²) < 4.78 is 16.4. The highest BCUT2D eigenvalue weighted by atomic mass is 16.5. The highest BCUT2D eigenvalue weighted by molar-refractivity contribution is 5.55. The Labute approximate surface area is 118 Å². The number of benzene rings is 2. The van der Waals surface area contributed by atoms with Crippen LogP contribution in [-0.2, 0) is 0 Å². The molecule has 0 aliphatic carbocycles. The standard InChI is InChI=1S/C16H15NO3/c1-11-7-8-12(10-17)15(9-11)20-16-13(18-2)5-4-6-14(16)19-3/h4-9H,1-3H3. The van der Waals surface area contributed by atoms with Crippen LogP contribution in [0.3, 0.4) is 0 Å². The molecule has 20 heavy (non-hydrogen) atoms. The van der Waals surface area contributed by atoms with E-state index in [1.54, 1.807) is 32.4 Å². The number of nitriles is 1. The van der Waals surface area contributed by atoms with Crippen LogP contribution in [0.2, 0.25) is 0 Å². The van der Waals surface area contributed by atoms with Crippen LogP contribution in [0, 0.1) is 18.3 Å². The van der Waals surface area contributed by atoms with Gasteiger partial charge in [-0.3, -0.25) is 0 Å². The molecule has 0 aliphatic heterocycles. The van der Waals surface area contributed by atoms with Crippen molar-refractivity contribution in [1.82, 2.24) is 0 Å². The first-order valence-corrected chi connectivity index (χ1v) is 6.09. The molecule has 4 heteroatoms. The minimum Gasteiger partial charge on any atom is -0.493 e. The summed E-state index contributed by atoms with van der Waals surface area (Å²) in [5, 5.41) is 9.15. The average molecular weight is 269 g/mol. The van der Waals surface area contributed by atoms with Gasteiger partial charge in [-0.2, -0.15) is 5.26 Å². The van der Waals surface area contributed by atoms with Gasteiger partial charge in [0.1, 0.15) is 11.8 Å². The van der Waals surface area contributed by atoms with E-state index in [9.17, 15) is 0 Å². The Morgan fingerprint density at radius 2 is 1.60 bits per heavy atom. The number of rotatable bonds is 4. The smallest absolute Gasteiger partial charge is 0.211 e. The molecule has 102 valence electrons. The molecule has 2 rings (SSSR count). The topological polar surface area (TPSA) is 51.5 Å². The van der Waals surface area contributed by atoms with Crippen LogP contribution in [0.5, 0.6) is 23.0 Å². The number of nitrogens with zero attached hydrogens (tertiary/aromatic N) is 1. The maximum absolute atomic E-state index is 9.15. The summed E-state index contributed by atoms with van der Waals surface area (Å²) in [4.78, 5) is 0. The third-order valence-electron chi connectivity index (χ3n) is 2.85. The van der Waals surface area contributed by atoms with Crippen molar-refractivity contribution in [2.24, 2.45) is 0 Å². The lowest BCUT2D eigenvalue weighted by Crippen LogP contribution is -1.96. The first kappa shape index (κ1) is 13.8. The Balaban J connectivity index is 2.50. The van der Waals surface area contributed by atoms with Crippen molar-refractivity contribution in [3.8, 4) is 29.1 Å². The first-order valence-electron chi connectivity index (χ1n) is 6.09. The fraction of sp³-hybridized carbons (Fsp3) is 0.188. The highest BCUT2D eigenvalue weighted by Crippen LogP contribution is 2.40. The lowest BCUT2D eigenvalue weighted by atomic mass is 10.1. The molecular weight excluding hydrogens is 254 g/mol. The Hall–Kier alpha value is -2.67. The maximum Gasteiger partial charge on any atom is 0.211 e. The minimum absolute atomic E-state index is 0.458. The second-order valence-corrected chi connectivity index (χ2v) is 4.21. The molecule has 0 aliphatic rings. The first-order chi connectivity index (χ1) is 9.69. The van der Waals surface area contributed by atoms with Gasteiger partial charge in [0, 0.05) is 0 Å². The maximum atomic E-state index is 9.15. The molecular formula is C16H15NO3. The molecule has 0 radical (unpaired) electrons. The fourth-order valence-electron chi connectivity index (χ4n) is 1.83. The van der Waals surface area contributed by atoms with Gasteiger partial charge in [-0.05, 0) is 36.8 Å². The molecule has 2 aromatic rings. The minimum atomic E-state index is 0.458. The van der Waals surface area contributed by atoms with E-state index in [-0.39, 0.29) is 0 Å². The van der Waals surface area contributed by atoms with Gasteiger partial charge in [0.25, 0.3) is 0 Å². The molecule has 0 spiro atoms. The zero-order valence-corrected chi connectivity index (χ0v) is 11.6. The van der Waals surface area contributed by atoms with E-state index in [1.807, 2.05) is 25.1 Å². The van der Waals surface area contributed by atoms with E-state index in [2.05, 4.69) is 6.07 Å². The molecule has 4 nitrogen and oxygen atoms in total. The Bertz CT molecular complexity index is 637. The summed E-state index contributed by atoms with van der Waals surface area (Å²) in [5.41, 5.74) is 1.47. The van der Waals surface area contributed by atoms with E-state index in [4.69, 9.17) is 19.5 Å². The average Bonchev–Trinajstić information content (AvgIpc) is 2.47. The summed E-state index contributed by atoms with van der Waals surface area (Å²) in [6.45, 7) is 1.94. The number of hydrogen-bond acceptors (Lipinski definition) is 4. The summed E-state index contributed by atoms with van der Waals surface area (Å²) in [6, 6.07) is 12.9. The van der Waals surface area contributed by atoms with Crippen molar-refractivity contribution >= 4 is 0 Å². The molecule has 0 bridgehead atoms. The van der Waals surface area contributed by atoms with E-state index in [0.29, 0.717) is 28.6 Å². The van der Waals surface area contributed by atoms with E-state index in [1.165, 1.54) is 0 Å². The van der Waals surface area contributed by atoms with Crippen LogP contribution in [-0.4, -0.2) is 14.2 Å². The number of methoxy groups -OCH3 is 2. The van der Waals surface area contributed by atoms with Crippen molar-refractivity contribution in [2.75, 3.05) is 14.2 Å². The lowest BCUT2D eigenvalue weighted by molar-refractivity contribution is 0.346. The quantitative estimate of drug-likeness (QED) is 0.849. The van der Waals surface area contributed by atoms with Crippen LogP contribution < -0.4 is 14.2 Å². The van der Waals surface area contributed by atoms with Gasteiger partial charge in [0.15, 0.2) is 11.5 Å². The van der Waals surface area contributed by atoms with Gasteiger partial charge in [0.05, 0.1) is 19.8 Å². The van der Waals surface area contributed by atoms with Crippen molar-refractivity contribution in [2.45, 2.75) is 6.92 Å². The summed E-state index contributed by atoms with van der Waals surface area (Å²) in [6.07, 6.45) is 0. The van der Waals surface area contributed by atoms with E-state index < -0.39 is 0 Å². The van der Waals surface area contributed by atoms with Crippen molar-refractivity contribution in [3.63, 3.8) is 0 Å². The summed E-state index contributed by atoms with van der Waals surface area (Å²) in [5.74, 6) is 2.04. The third-order valence-corrected chi connectivity index (χ3v) is 2.85. The fourth-order valence-corrected chi connectivity index (χ4v) is 1.83. The third kappa shape index (κ3) is 2.67. The van der Waals surface area contributed by atoms with E-state index in [0.717, 1.165) is 5.56 Å². The molecule has 0 aromatic heterocycles. The number of hydrogen-bond donors (Lipinski definition) is 0. The molecule has 0 unspecified atom stereocenters. The van der Waals surface area contributed by atoms with Gasteiger partial charge >= 0.3 is 0 Å². The van der Waals surface area contributed by atoms with Crippen molar-refractivity contribution < 1.29 is 14.2 Å². The Kier molecular flexibility index (Phi) is 4.11. The second kappa shape index (κ2) is 5.98.